The molecule has 0 saturated heterocycles. The van der Waals surface area contributed by atoms with Gasteiger partial charge in [-0.25, -0.2) is 4.98 Å². The highest BCUT2D eigenvalue weighted by Crippen LogP contribution is 2.32. The normalized spacial score (nSPS) is 13.7. The molecule has 0 aromatic carbocycles. The maximum absolute atomic E-state index is 9.53. The lowest BCUT2D eigenvalue weighted by molar-refractivity contribution is 0.245. The topological polar surface area (TPSA) is 103 Å². The smallest absolute Gasteiger partial charge is 0.149 e. The van der Waals surface area contributed by atoms with Crippen LogP contribution in [0.4, 0.5) is 5.82 Å². The zero-order chi connectivity index (χ0) is 18.8. The highest BCUT2D eigenvalue weighted by molar-refractivity contribution is 6.30. The second kappa shape index (κ2) is 7.24. The second-order valence-corrected chi connectivity index (χ2v) is 6.73. The average Bonchev–Trinajstić information content (AvgIpc) is 3.14. The van der Waals surface area contributed by atoms with Gasteiger partial charge in [-0.1, -0.05) is 41.8 Å². The summed E-state index contributed by atoms with van der Waals surface area (Å²) in [5.41, 5.74) is 4.11. The molecule has 27 heavy (non-hydrogen) atoms. The number of aromatic nitrogens is 3. The molecule has 1 aliphatic rings. The maximum atomic E-state index is 9.53. The van der Waals surface area contributed by atoms with E-state index in [1.807, 2.05) is 18.3 Å². The Morgan fingerprint density at radius 3 is 3.04 bits per heavy atom. The van der Waals surface area contributed by atoms with Crippen molar-refractivity contribution < 1.29 is 0 Å². The SMILES string of the molecule is N#CCNc1nc(Cl)c(C#N)c2c1CCN(Cc1cnc3[n-]ccc3c1)C2. The van der Waals surface area contributed by atoms with E-state index in [1.165, 1.54) is 0 Å². The largest absolute Gasteiger partial charge is 0.442 e. The molecule has 8 heteroatoms. The van der Waals surface area contributed by atoms with Crippen LogP contribution in [0.5, 0.6) is 0 Å². The first-order chi connectivity index (χ1) is 13.2. The number of fused-ring (bicyclic) bond motifs is 2. The Bertz CT molecular complexity index is 1090. The monoisotopic (exact) mass is 376 g/mol. The van der Waals surface area contributed by atoms with Gasteiger partial charge in [0.1, 0.15) is 23.6 Å². The number of nitriles is 2. The fraction of sp³-hybridized carbons (Fsp3) is 0.263. The molecule has 0 spiro atoms. The number of hydrogen-bond acceptors (Lipinski definition) is 6. The van der Waals surface area contributed by atoms with E-state index in [-0.39, 0.29) is 11.7 Å². The van der Waals surface area contributed by atoms with Crippen LogP contribution >= 0.6 is 11.6 Å². The summed E-state index contributed by atoms with van der Waals surface area (Å²) in [6, 6.07) is 8.26. The van der Waals surface area contributed by atoms with Gasteiger partial charge < -0.3 is 15.3 Å². The minimum absolute atomic E-state index is 0.144. The molecule has 7 nitrogen and oxygen atoms in total. The van der Waals surface area contributed by atoms with E-state index in [1.54, 1.807) is 6.20 Å². The van der Waals surface area contributed by atoms with E-state index in [4.69, 9.17) is 16.9 Å². The lowest BCUT2D eigenvalue weighted by atomic mass is 9.96. The van der Waals surface area contributed by atoms with Gasteiger partial charge in [0.15, 0.2) is 0 Å². The van der Waals surface area contributed by atoms with Crippen LogP contribution in [0.25, 0.3) is 11.0 Å². The first-order valence-corrected chi connectivity index (χ1v) is 8.88. The molecule has 3 aromatic rings. The van der Waals surface area contributed by atoms with Crippen LogP contribution in [0.15, 0.2) is 24.5 Å². The minimum Gasteiger partial charge on any atom is -0.442 e. The summed E-state index contributed by atoms with van der Waals surface area (Å²) >= 11 is 6.21. The molecular formula is C19H15ClN7-. The highest BCUT2D eigenvalue weighted by atomic mass is 35.5. The molecular weight excluding hydrogens is 362 g/mol. The summed E-state index contributed by atoms with van der Waals surface area (Å²) in [5, 5.41) is 22.5. The molecule has 0 bridgehead atoms. The van der Waals surface area contributed by atoms with Gasteiger partial charge in [0.05, 0.1) is 11.6 Å². The molecule has 0 radical (unpaired) electrons. The molecule has 0 aliphatic carbocycles. The maximum Gasteiger partial charge on any atom is 0.149 e. The first kappa shape index (κ1) is 17.3. The van der Waals surface area contributed by atoms with Crippen molar-refractivity contribution in [2.45, 2.75) is 19.5 Å². The fourth-order valence-electron chi connectivity index (χ4n) is 3.46. The van der Waals surface area contributed by atoms with Crippen LogP contribution in [0.1, 0.15) is 22.3 Å². The van der Waals surface area contributed by atoms with Gasteiger partial charge in [-0.2, -0.15) is 10.5 Å². The third kappa shape index (κ3) is 3.31. The molecule has 134 valence electrons. The summed E-state index contributed by atoms with van der Waals surface area (Å²) in [6.45, 7) is 2.28. The van der Waals surface area contributed by atoms with Crippen molar-refractivity contribution in [3.63, 3.8) is 0 Å². The predicted octanol–water partition coefficient (Wildman–Crippen LogP) is 2.61. The van der Waals surface area contributed by atoms with E-state index < -0.39 is 0 Å². The lowest BCUT2D eigenvalue weighted by Crippen LogP contribution is -2.31. The summed E-state index contributed by atoms with van der Waals surface area (Å²) in [6.07, 6.45) is 4.33. The molecule has 0 amide bonds. The average molecular weight is 377 g/mol. The number of pyridine rings is 2. The molecule has 1 N–H and O–H groups in total. The Hall–Kier alpha value is -3.13. The van der Waals surface area contributed by atoms with Crippen LogP contribution in [0, 0.1) is 22.7 Å². The van der Waals surface area contributed by atoms with Crippen molar-refractivity contribution in [3.8, 4) is 12.1 Å². The van der Waals surface area contributed by atoms with Crippen molar-refractivity contribution >= 4 is 28.5 Å². The molecule has 4 heterocycles. The molecule has 0 fully saturated rings. The summed E-state index contributed by atoms with van der Waals surface area (Å²) in [5.74, 6) is 0.598. The van der Waals surface area contributed by atoms with E-state index in [2.05, 4.69) is 37.3 Å². The fourth-order valence-corrected chi connectivity index (χ4v) is 3.70. The summed E-state index contributed by atoms with van der Waals surface area (Å²) < 4.78 is 0. The Morgan fingerprint density at radius 1 is 1.33 bits per heavy atom. The quantitative estimate of drug-likeness (QED) is 0.551. The van der Waals surface area contributed by atoms with E-state index in [9.17, 15) is 5.26 Å². The van der Waals surface area contributed by atoms with Crippen LogP contribution < -0.4 is 10.3 Å². The molecule has 1 aliphatic heterocycles. The van der Waals surface area contributed by atoms with Gasteiger partial charge in [-0.05, 0) is 22.9 Å². The lowest BCUT2D eigenvalue weighted by Gasteiger charge is -2.30. The molecule has 4 rings (SSSR count). The predicted molar refractivity (Wildman–Crippen MR) is 101 cm³/mol. The van der Waals surface area contributed by atoms with Gasteiger partial charge in [-0.15, -0.1) is 0 Å². The van der Waals surface area contributed by atoms with Gasteiger partial charge >= 0.3 is 0 Å². The third-order valence-corrected chi connectivity index (χ3v) is 4.96. The molecule has 0 unspecified atom stereocenters. The minimum atomic E-state index is 0.144. The molecule has 0 saturated carbocycles. The van der Waals surface area contributed by atoms with Crippen molar-refractivity contribution in [2.75, 3.05) is 18.4 Å². The van der Waals surface area contributed by atoms with E-state index in [0.717, 1.165) is 47.2 Å². The van der Waals surface area contributed by atoms with Crippen molar-refractivity contribution in [1.82, 2.24) is 19.9 Å². The van der Waals surface area contributed by atoms with Crippen LogP contribution in [-0.2, 0) is 19.5 Å². The zero-order valence-corrected chi connectivity index (χ0v) is 15.2. The van der Waals surface area contributed by atoms with Gasteiger partial charge in [0, 0.05) is 25.2 Å². The Balaban J connectivity index is 1.62. The number of hydrogen-bond donors (Lipinski definition) is 1. The van der Waals surface area contributed by atoms with Gasteiger partial charge in [0.25, 0.3) is 0 Å². The Kier molecular flexibility index (Phi) is 4.64. The number of anilines is 1. The Morgan fingerprint density at radius 2 is 2.22 bits per heavy atom. The first-order valence-electron chi connectivity index (χ1n) is 8.50. The number of halogens is 1. The highest BCUT2D eigenvalue weighted by Gasteiger charge is 2.25. The van der Waals surface area contributed by atoms with Crippen LogP contribution in [0.2, 0.25) is 5.15 Å². The number of nitrogens with zero attached hydrogens (tertiary/aromatic N) is 6. The zero-order valence-electron chi connectivity index (χ0n) is 14.4. The van der Waals surface area contributed by atoms with Crippen LogP contribution in [-0.4, -0.2) is 28.0 Å². The van der Waals surface area contributed by atoms with Gasteiger partial charge in [-0.3, -0.25) is 4.90 Å². The van der Waals surface area contributed by atoms with E-state index in [0.29, 0.717) is 17.9 Å². The second-order valence-electron chi connectivity index (χ2n) is 6.37. The van der Waals surface area contributed by atoms with Crippen LogP contribution in [0.3, 0.4) is 0 Å². The third-order valence-electron chi connectivity index (χ3n) is 4.68. The van der Waals surface area contributed by atoms with E-state index >= 15 is 0 Å². The molecule has 3 aromatic heterocycles. The van der Waals surface area contributed by atoms with Crippen molar-refractivity contribution in [2.24, 2.45) is 0 Å². The number of nitrogens with one attached hydrogen (secondary N) is 1. The molecule has 0 atom stereocenters. The summed E-state index contributed by atoms with van der Waals surface area (Å²) in [7, 11) is 0. The standard InChI is InChI=1S/C19H15ClN7/c20-17-15(8-22)16-11-27(6-2-14(16)19(26-17)24-5-3-21)10-12-7-13-1-4-23-18(13)25-9-12/h1,4,7,9H,2,5-6,10-11H2,(H-,23,24,25,26)/q-1. The van der Waals surface area contributed by atoms with Gasteiger partial charge in [0.2, 0.25) is 0 Å². The number of rotatable bonds is 4. The van der Waals surface area contributed by atoms with Crippen molar-refractivity contribution in [3.05, 3.63) is 51.9 Å². The summed E-state index contributed by atoms with van der Waals surface area (Å²) in [4.78, 5) is 15.1. The van der Waals surface area contributed by atoms with Crippen molar-refractivity contribution in [1.29, 1.82) is 10.5 Å². The Labute approximate surface area is 161 Å².